The summed E-state index contributed by atoms with van der Waals surface area (Å²) in [6.45, 7) is 3.24. The molecule has 0 unspecified atom stereocenters. The Morgan fingerprint density at radius 3 is 3.00 bits per heavy atom. The van der Waals surface area contributed by atoms with Crippen LogP contribution < -0.4 is 0 Å². The Labute approximate surface area is 87.4 Å². The van der Waals surface area contributed by atoms with E-state index in [0.29, 0.717) is 24.7 Å². The first-order valence-corrected chi connectivity index (χ1v) is 5.04. The molecule has 5 nitrogen and oxygen atoms in total. The summed E-state index contributed by atoms with van der Waals surface area (Å²) in [5, 5.41) is 9.74. The first-order valence-electron chi connectivity index (χ1n) is 4.50. The summed E-state index contributed by atoms with van der Waals surface area (Å²) in [6, 6.07) is 0. The van der Waals surface area contributed by atoms with Gasteiger partial charge in [-0.25, -0.2) is 0 Å². The molecule has 14 heavy (non-hydrogen) atoms. The van der Waals surface area contributed by atoms with Crippen LogP contribution in [0.2, 0.25) is 0 Å². The van der Waals surface area contributed by atoms with Gasteiger partial charge in [-0.15, -0.1) is 11.6 Å². The first kappa shape index (κ1) is 11.0. The lowest BCUT2D eigenvalue weighted by Crippen LogP contribution is -2.32. The monoisotopic (exact) mass is 216 g/mol. The van der Waals surface area contributed by atoms with E-state index >= 15 is 0 Å². The average molecular weight is 217 g/mol. The minimum atomic E-state index is -0.105. The zero-order chi connectivity index (χ0) is 10.4. The van der Waals surface area contributed by atoms with E-state index in [1.807, 2.05) is 6.92 Å². The van der Waals surface area contributed by atoms with Crippen LogP contribution in [0.15, 0.2) is 6.20 Å². The predicted molar refractivity (Wildman–Crippen MR) is 53.3 cm³/mol. The Balaban J connectivity index is 2.56. The highest BCUT2D eigenvalue weighted by Crippen LogP contribution is 2.00. The molecular weight excluding hydrogens is 204 g/mol. The third kappa shape index (κ3) is 2.70. The molecule has 0 fully saturated rings. The standard InChI is InChI=1S/C8H13ClN4O/c1-2-13(5-3-4-9)8(14)7-6-10-12-11-7/h6H,2-5H2,1H3,(H,10,11,12). The van der Waals surface area contributed by atoms with Crippen molar-refractivity contribution in [1.82, 2.24) is 20.3 Å². The van der Waals surface area contributed by atoms with Gasteiger partial charge in [-0.05, 0) is 13.3 Å². The molecule has 1 heterocycles. The normalized spacial score (nSPS) is 10.1. The molecule has 0 radical (unpaired) electrons. The van der Waals surface area contributed by atoms with Crippen LogP contribution in [0.25, 0.3) is 0 Å². The molecule has 6 heteroatoms. The molecule has 0 aromatic carbocycles. The van der Waals surface area contributed by atoms with Gasteiger partial charge in [-0.1, -0.05) is 0 Å². The highest BCUT2D eigenvalue weighted by Gasteiger charge is 2.15. The van der Waals surface area contributed by atoms with Crippen molar-refractivity contribution < 1.29 is 4.79 Å². The summed E-state index contributed by atoms with van der Waals surface area (Å²) in [7, 11) is 0. The molecular formula is C8H13ClN4O. The lowest BCUT2D eigenvalue weighted by molar-refractivity contribution is 0.0759. The van der Waals surface area contributed by atoms with Crippen molar-refractivity contribution in [2.45, 2.75) is 13.3 Å². The Morgan fingerprint density at radius 2 is 2.50 bits per heavy atom. The number of aromatic amines is 1. The van der Waals surface area contributed by atoms with E-state index in [1.165, 1.54) is 6.20 Å². The van der Waals surface area contributed by atoms with Crippen molar-refractivity contribution >= 4 is 17.5 Å². The number of aromatic nitrogens is 3. The number of amides is 1. The number of alkyl halides is 1. The van der Waals surface area contributed by atoms with E-state index in [-0.39, 0.29) is 5.91 Å². The number of H-pyrrole nitrogens is 1. The van der Waals surface area contributed by atoms with E-state index in [2.05, 4.69) is 15.4 Å². The quantitative estimate of drug-likeness (QED) is 0.744. The summed E-state index contributed by atoms with van der Waals surface area (Å²) in [6.07, 6.45) is 2.21. The predicted octanol–water partition coefficient (Wildman–Crippen LogP) is 0.896. The van der Waals surface area contributed by atoms with Gasteiger partial charge in [-0.3, -0.25) is 4.79 Å². The number of carbonyl (C=O) groups excluding carboxylic acids is 1. The van der Waals surface area contributed by atoms with E-state index in [0.717, 1.165) is 6.42 Å². The Bertz CT molecular complexity index is 275. The van der Waals surface area contributed by atoms with Crippen LogP contribution in [0, 0.1) is 0 Å². The molecule has 1 amide bonds. The molecule has 0 bridgehead atoms. The number of hydrogen-bond donors (Lipinski definition) is 1. The lowest BCUT2D eigenvalue weighted by atomic mass is 10.3. The third-order valence-corrected chi connectivity index (χ3v) is 2.13. The van der Waals surface area contributed by atoms with Gasteiger partial charge >= 0.3 is 0 Å². The maximum atomic E-state index is 11.7. The van der Waals surface area contributed by atoms with Gasteiger partial charge in [0.05, 0.1) is 6.20 Å². The summed E-state index contributed by atoms with van der Waals surface area (Å²) in [5.41, 5.74) is 0.349. The molecule has 0 aliphatic rings. The van der Waals surface area contributed by atoms with Crippen LogP contribution in [0.4, 0.5) is 0 Å². The van der Waals surface area contributed by atoms with Gasteiger partial charge in [0.25, 0.3) is 5.91 Å². The van der Waals surface area contributed by atoms with Crippen LogP contribution >= 0.6 is 11.6 Å². The molecule has 0 aliphatic carbocycles. The van der Waals surface area contributed by atoms with Gasteiger partial charge in [-0.2, -0.15) is 15.4 Å². The van der Waals surface area contributed by atoms with Crippen molar-refractivity contribution in [3.05, 3.63) is 11.9 Å². The average Bonchev–Trinajstić information content (AvgIpc) is 2.71. The van der Waals surface area contributed by atoms with Gasteiger partial charge in [0.15, 0.2) is 5.69 Å². The van der Waals surface area contributed by atoms with Crippen LogP contribution in [0.1, 0.15) is 23.8 Å². The van der Waals surface area contributed by atoms with Crippen molar-refractivity contribution in [1.29, 1.82) is 0 Å². The Hall–Kier alpha value is -1.10. The van der Waals surface area contributed by atoms with Gasteiger partial charge in [0.1, 0.15) is 0 Å². The third-order valence-electron chi connectivity index (χ3n) is 1.86. The molecule has 1 aromatic heterocycles. The van der Waals surface area contributed by atoms with E-state index < -0.39 is 0 Å². The molecule has 0 aliphatic heterocycles. The molecule has 0 atom stereocenters. The lowest BCUT2D eigenvalue weighted by Gasteiger charge is -2.18. The maximum Gasteiger partial charge on any atom is 0.276 e. The largest absolute Gasteiger partial charge is 0.337 e. The molecule has 1 aromatic rings. The minimum Gasteiger partial charge on any atom is -0.337 e. The summed E-state index contributed by atoms with van der Waals surface area (Å²) < 4.78 is 0. The molecule has 0 saturated carbocycles. The number of hydrogen-bond acceptors (Lipinski definition) is 3. The maximum absolute atomic E-state index is 11.7. The number of nitrogens with one attached hydrogen (secondary N) is 1. The van der Waals surface area contributed by atoms with Crippen LogP contribution in [-0.4, -0.2) is 45.2 Å². The van der Waals surface area contributed by atoms with Crippen molar-refractivity contribution in [3.8, 4) is 0 Å². The van der Waals surface area contributed by atoms with Gasteiger partial charge in [0, 0.05) is 19.0 Å². The van der Waals surface area contributed by atoms with E-state index in [4.69, 9.17) is 11.6 Å². The number of nitrogens with zero attached hydrogens (tertiary/aromatic N) is 3. The molecule has 1 N–H and O–H groups in total. The molecule has 0 spiro atoms. The minimum absolute atomic E-state index is 0.105. The number of carbonyl (C=O) groups is 1. The highest BCUT2D eigenvalue weighted by molar-refractivity contribution is 6.17. The fraction of sp³-hybridized carbons (Fsp3) is 0.625. The van der Waals surface area contributed by atoms with Crippen LogP contribution in [0.3, 0.4) is 0 Å². The van der Waals surface area contributed by atoms with Crippen LogP contribution in [0.5, 0.6) is 0 Å². The summed E-state index contributed by atoms with van der Waals surface area (Å²) >= 11 is 5.56. The van der Waals surface area contributed by atoms with E-state index in [9.17, 15) is 4.79 Å². The van der Waals surface area contributed by atoms with Crippen LogP contribution in [-0.2, 0) is 0 Å². The summed E-state index contributed by atoms with van der Waals surface area (Å²) in [4.78, 5) is 13.4. The zero-order valence-electron chi connectivity index (χ0n) is 8.03. The second kappa shape index (κ2) is 5.59. The second-order valence-corrected chi connectivity index (χ2v) is 3.16. The van der Waals surface area contributed by atoms with Crippen molar-refractivity contribution in [2.75, 3.05) is 19.0 Å². The number of rotatable bonds is 5. The zero-order valence-corrected chi connectivity index (χ0v) is 8.79. The van der Waals surface area contributed by atoms with Gasteiger partial charge in [0.2, 0.25) is 0 Å². The Kier molecular flexibility index (Phi) is 4.39. The molecule has 1 rings (SSSR count). The second-order valence-electron chi connectivity index (χ2n) is 2.78. The highest BCUT2D eigenvalue weighted by atomic mass is 35.5. The van der Waals surface area contributed by atoms with Gasteiger partial charge < -0.3 is 4.90 Å². The van der Waals surface area contributed by atoms with Crippen molar-refractivity contribution in [2.24, 2.45) is 0 Å². The first-order chi connectivity index (χ1) is 6.79. The Morgan fingerprint density at radius 1 is 1.71 bits per heavy atom. The fourth-order valence-corrected chi connectivity index (χ4v) is 1.24. The SMILES string of the molecule is CCN(CCCCl)C(=O)c1cn[nH]n1. The van der Waals surface area contributed by atoms with E-state index in [1.54, 1.807) is 4.90 Å². The fourth-order valence-electron chi connectivity index (χ4n) is 1.12. The number of halogens is 1. The molecule has 0 saturated heterocycles. The summed E-state index contributed by atoms with van der Waals surface area (Å²) in [5.74, 6) is 0.453. The van der Waals surface area contributed by atoms with Crippen molar-refractivity contribution in [3.63, 3.8) is 0 Å². The molecule has 78 valence electrons. The smallest absolute Gasteiger partial charge is 0.276 e. The topological polar surface area (TPSA) is 61.9 Å².